The molecule has 2 aromatic rings. The Bertz CT molecular complexity index is 1110. The number of hydrogen-bond acceptors (Lipinski definition) is 6. The first-order chi connectivity index (χ1) is 16.9. The zero-order chi connectivity index (χ0) is 24.9. The van der Waals surface area contributed by atoms with Gasteiger partial charge in [0, 0.05) is 18.5 Å². The highest BCUT2D eigenvalue weighted by Gasteiger charge is 2.36. The number of hydrogen-bond donors (Lipinski definition) is 0. The van der Waals surface area contributed by atoms with Crippen LogP contribution in [0.25, 0.3) is 0 Å². The van der Waals surface area contributed by atoms with Gasteiger partial charge in [-0.05, 0) is 63.4 Å². The molecule has 0 aromatic heterocycles. The SMILES string of the molecule is CCOC(=O)C1CCCN(CC(=O)N2N=C(c3cccc(OC)c3)CC2c2cc(C)ccc2C)C1. The van der Waals surface area contributed by atoms with Crippen molar-refractivity contribution in [1.82, 2.24) is 9.91 Å². The quantitative estimate of drug-likeness (QED) is 0.557. The van der Waals surface area contributed by atoms with Crippen molar-refractivity contribution < 1.29 is 19.1 Å². The number of methoxy groups -OCH3 is 1. The standard InChI is InChI=1S/C28H35N3O4/c1-5-35-28(33)22-9-7-13-30(17-22)18-27(32)31-26(24-14-19(2)11-12-20(24)3)16-25(29-31)21-8-6-10-23(15-21)34-4/h6,8,10-12,14-15,22,26H,5,7,9,13,16-18H2,1-4H3. The van der Waals surface area contributed by atoms with Crippen molar-refractivity contribution in [3.8, 4) is 5.75 Å². The maximum atomic E-state index is 13.6. The lowest BCUT2D eigenvalue weighted by molar-refractivity contribution is -0.150. The molecule has 0 aliphatic carbocycles. The third-order valence-corrected chi connectivity index (χ3v) is 6.85. The summed E-state index contributed by atoms with van der Waals surface area (Å²) < 4.78 is 10.6. The number of benzene rings is 2. The van der Waals surface area contributed by atoms with Gasteiger partial charge in [-0.2, -0.15) is 5.10 Å². The zero-order valence-corrected chi connectivity index (χ0v) is 21.1. The second-order valence-electron chi connectivity index (χ2n) is 9.42. The van der Waals surface area contributed by atoms with Crippen LogP contribution in [0.3, 0.4) is 0 Å². The van der Waals surface area contributed by atoms with E-state index in [4.69, 9.17) is 14.6 Å². The average molecular weight is 478 g/mol. The van der Waals surface area contributed by atoms with Crippen molar-refractivity contribution in [2.75, 3.05) is 33.4 Å². The van der Waals surface area contributed by atoms with Gasteiger partial charge in [0.1, 0.15) is 5.75 Å². The maximum Gasteiger partial charge on any atom is 0.310 e. The lowest BCUT2D eigenvalue weighted by Gasteiger charge is -2.32. The Kier molecular flexibility index (Phi) is 7.86. The number of rotatable bonds is 7. The van der Waals surface area contributed by atoms with E-state index in [1.54, 1.807) is 12.1 Å². The van der Waals surface area contributed by atoms with Gasteiger partial charge in [-0.3, -0.25) is 14.5 Å². The number of piperidine rings is 1. The van der Waals surface area contributed by atoms with Crippen LogP contribution in [-0.4, -0.2) is 60.8 Å². The fourth-order valence-electron chi connectivity index (χ4n) is 4.99. The summed E-state index contributed by atoms with van der Waals surface area (Å²) in [6.07, 6.45) is 2.31. The molecule has 7 nitrogen and oxygen atoms in total. The van der Waals surface area contributed by atoms with Crippen LogP contribution < -0.4 is 4.74 Å². The van der Waals surface area contributed by atoms with Crippen LogP contribution in [0.15, 0.2) is 47.6 Å². The van der Waals surface area contributed by atoms with E-state index in [-0.39, 0.29) is 30.4 Å². The molecule has 0 saturated carbocycles. The molecule has 2 atom stereocenters. The van der Waals surface area contributed by atoms with Gasteiger partial charge in [-0.1, -0.05) is 35.9 Å². The predicted molar refractivity (Wildman–Crippen MR) is 135 cm³/mol. The fourth-order valence-corrected chi connectivity index (χ4v) is 4.99. The van der Waals surface area contributed by atoms with Crippen molar-refractivity contribution >= 4 is 17.6 Å². The second kappa shape index (κ2) is 11.0. The van der Waals surface area contributed by atoms with Gasteiger partial charge >= 0.3 is 5.97 Å². The fraction of sp³-hybridized carbons (Fsp3) is 0.464. The Labute approximate surface area is 207 Å². The molecular weight excluding hydrogens is 442 g/mol. The van der Waals surface area contributed by atoms with E-state index in [0.717, 1.165) is 53.1 Å². The predicted octanol–water partition coefficient (Wildman–Crippen LogP) is 4.26. The van der Waals surface area contributed by atoms with E-state index in [1.807, 2.05) is 31.2 Å². The molecule has 7 heteroatoms. The Morgan fingerprint density at radius 2 is 1.97 bits per heavy atom. The first kappa shape index (κ1) is 24.9. The monoisotopic (exact) mass is 477 g/mol. The van der Waals surface area contributed by atoms with Crippen molar-refractivity contribution in [2.45, 2.75) is 46.1 Å². The number of carbonyl (C=O) groups is 2. The molecule has 1 amide bonds. The molecule has 4 rings (SSSR count). The van der Waals surface area contributed by atoms with Gasteiger partial charge in [-0.25, -0.2) is 5.01 Å². The molecule has 2 aliphatic rings. The van der Waals surface area contributed by atoms with Crippen LogP contribution >= 0.6 is 0 Å². The summed E-state index contributed by atoms with van der Waals surface area (Å²) >= 11 is 0. The molecule has 0 spiro atoms. The maximum absolute atomic E-state index is 13.6. The second-order valence-corrected chi connectivity index (χ2v) is 9.42. The summed E-state index contributed by atoms with van der Waals surface area (Å²) in [6.45, 7) is 7.90. The van der Waals surface area contributed by atoms with Crippen molar-refractivity contribution in [2.24, 2.45) is 11.0 Å². The molecule has 1 fully saturated rings. The molecule has 2 aromatic carbocycles. The van der Waals surface area contributed by atoms with E-state index in [0.29, 0.717) is 19.6 Å². The van der Waals surface area contributed by atoms with Gasteiger partial charge in [0.25, 0.3) is 5.91 Å². The number of nitrogens with zero attached hydrogens (tertiary/aromatic N) is 3. The highest BCUT2D eigenvalue weighted by Crippen LogP contribution is 2.35. The van der Waals surface area contributed by atoms with Gasteiger partial charge in [0.15, 0.2) is 0 Å². The molecule has 2 heterocycles. The minimum atomic E-state index is -0.180. The van der Waals surface area contributed by atoms with Gasteiger partial charge in [-0.15, -0.1) is 0 Å². The Morgan fingerprint density at radius 1 is 1.14 bits per heavy atom. The van der Waals surface area contributed by atoms with E-state index < -0.39 is 0 Å². The third-order valence-electron chi connectivity index (χ3n) is 6.85. The van der Waals surface area contributed by atoms with E-state index in [9.17, 15) is 9.59 Å². The molecule has 0 N–H and O–H groups in total. The van der Waals surface area contributed by atoms with E-state index in [1.165, 1.54) is 0 Å². The Morgan fingerprint density at radius 3 is 2.74 bits per heavy atom. The summed E-state index contributed by atoms with van der Waals surface area (Å²) in [6, 6.07) is 14.0. The summed E-state index contributed by atoms with van der Waals surface area (Å²) in [7, 11) is 1.65. The Balaban J connectivity index is 1.59. The summed E-state index contributed by atoms with van der Waals surface area (Å²) in [4.78, 5) is 28.0. The van der Waals surface area contributed by atoms with Crippen LogP contribution in [0.4, 0.5) is 0 Å². The number of ether oxygens (including phenoxy) is 2. The third kappa shape index (κ3) is 5.73. The molecule has 2 aliphatic heterocycles. The van der Waals surface area contributed by atoms with Gasteiger partial charge in [0.2, 0.25) is 0 Å². The topological polar surface area (TPSA) is 71.4 Å². The molecule has 35 heavy (non-hydrogen) atoms. The summed E-state index contributed by atoms with van der Waals surface area (Å²) in [5.74, 6) is 0.355. The zero-order valence-electron chi connectivity index (χ0n) is 21.1. The number of esters is 1. The van der Waals surface area contributed by atoms with Crippen LogP contribution in [-0.2, 0) is 14.3 Å². The minimum absolute atomic E-state index is 0.0571. The first-order valence-corrected chi connectivity index (χ1v) is 12.4. The minimum Gasteiger partial charge on any atom is -0.497 e. The van der Waals surface area contributed by atoms with Crippen LogP contribution in [0.5, 0.6) is 5.75 Å². The first-order valence-electron chi connectivity index (χ1n) is 12.4. The molecule has 0 radical (unpaired) electrons. The molecule has 186 valence electrons. The summed E-state index contributed by atoms with van der Waals surface area (Å²) in [5.41, 5.74) is 5.23. The molecule has 1 saturated heterocycles. The molecule has 0 bridgehead atoms. The van der Waals surface area contributed by atoms with E-state index >= 15 is 0 Å². The van der Waals surface area contributed by atoms with Crippen molar-refractivity contribution in [3.63, 3.8) is 0 Å². The average Bonchev–Trinajstić information content (AvgIpc) is 3.31. The largest absolute Gasteiger partial charge is 0.497 e. The lowest BCUT2D eigenvalue weighted by atomic mass is 9.93. The Hall–Kier alpha value is -3.19. The van der Waals surface area contributed by atoms with E-state index in [2.05, 4.69) is 36.9 Å². The van der Waals surface area contributed by atoms with Crippen LogP contribution in [0.1, 0.15) is 54.5 Å². The smallest absolute Gasteiger partial charge is 0.310 e. The number of likely N-dealkylation sites (tertiary alicyclic amines) is 1. The number of carbonyl (C=O) groups excluding carboxylic acids is 2. The highest BCUT2D eigenvalue weighted by atomic mass is 16.5. The molecular formula is C28H35N3O4. The molecule has 2 unspecified atom stereocenters. The normalized spacial score (nSPS) is 20.5. The number of amides is 1. The van der Waals surface area contributed by atoms with Crippen LogP contribution in [0, 0.1) is 19.8 Å². The van der Waals surface area contributed by atoms with Gasteiger partial charge < -0.3 is 9.47 Å². The number of aryl methyl sites for hydroxylation is 2. The van der Waals surface area contributed by atoms with Crippen LogP contribution in [0.2, 0.25) is 0 Å². The highest BCUT2D eigenvalue weighted by molar-refractivity contribution is 6.03. The summed E-state index contributed by atoms with van der Waals surface area (Å²) in [5, 5.41) is 6.50. The lowest BCUT2D eigenvalue weighted by Crippen LogP contribution is -2.44. The van der Waals surface area contributed by atoms with Crippen molar-refractivity contribution in [3.05, 3.63) is 64.7 Å². The van der Waals surface area contributed by atoms with Crippen molar-refractivity contribution in [1.29, 1.82) is 0 Å². The number of hydrazone groups is 1. The van der Waals surface area contributed by atoms with Gasteiger partial charge in [0.05, 0.1) is 37.9 Å².